The molecule has 1 aliphatic rings. The van der Waals surface area contributed by atoms with Gasteiger partial charge in [-0.1, -0.05) is 24.3 Å². The molecule has 0 bridgehead atoms. The van der Waals surface area contributed by atoms with E-state index in [1.165, 1.54) is 5.56 Å². The number of fused-ring (bicyclic) bond motifs is 1. The number of carbonyl (C=O) groups excluding carboxylic acids is 1. The Kier molecular flexibility index (Phi) is 4.51. The molecule has 1 heterocycles. The summed E-state index contributed by atoms with van der Waals surface area (Å²) in [5, 5.41) is 3.02. The van der Waals surface area contributed by atoms with Crippen LogP contribution in [0.5, 0.6) is 11.5 Å². The maximum atomic E-state index is 12.4. The Morgan fingerprint density at radius 3 is 2.91 bits per heavy atom. The Morgan fingerprint density at radius 2 is 2.13 bits per heavy atom. The van der Waals surface area contributed by atoms with Crippen LogP contribution in [0.3, 0.4) is 0 Å². The molecule has 1 unspecified atom stereocenters. The van der Waals surface area contributed by atoms with Crippen LogP contribution in [-0.2, 0) is 17.8 Å². The molecular formula is C19H21NO3. The molecule has 0 spiro atoms. The zero-order valence-electron chi connectivity index (χ0n) is 13.5. The van der Waals surface area contributed by atoms with Gasteiger partial charge in [-0.15, -0.1) is 0 Å². The normalized spacial score (nSPS) is 16.2. The standard InChI is InChI=1S/C19H21NO3/c1-13-5-3-4-6-14(13)11-20-19(21)16-9-15-10-17(22-2)7-8-18(15)23-12-16/h3-8,10,16H,9,11-12H2,1-2H3,(H,20,21). The first-order chi connectivity index (χ1) is 11.2. The molecule has 4 nitrogen and oxygen atoms in total. The second kappa shape index (κ2) is 6.73. The van der Waals surface area contributed by atoms with Crippen molar-refractivity contribution >= 4 is 5.91 Å². The number of nitrogens with one attached hydrogen (secondary N) is 1. The summed E-state index contributed by atoms with van der Waals surface area (Å²) in [5.74, 6) is 1.49. The molecule has 1 atom stereocenters. The van der Waals surface area contributed by atoms with Crippen LogP contribution in [0.1, 0.15) is 16.7 Å². The molecule has 23 heavy (non-hydrogen) atoms. The van der Waals surface area contributed by atoms with Crippen molar-refractivity contribution in [2.24, 2.45) is 5.92 Å². The molecule has 1 amide bonds. The number of amides is 1. The third kappa shape index (κ3) is 3.47. The Hall–Kier alpha value is -2.49. The Balaban J connectivity index is 1.63. The molecule has 0 radical (unpaired) electrons. The molecule has 0 aromatic heterocycles. The van der Waals surface area contributed by atoms with Gasteiger partial charge >= 0.3 is 0 Å². The van der Waals surface area contributed by atoms with Gasteiger partial charge in [-0.3, -0.25) is 4.79 Å². The monoisotopic (exact) mass is 311 g/mol. The van der Waals surface area contributed by atoms with E-state index in [-0.39, 0.29) is 11.8 Å². The number of hydrogen-bond acceptors (Lipinski definition) is 3. The van der Waals surface area contributed by atoms with Crippen molar-refractivity contribution < 1.29 is 14.3 Å². The fourth-order valence-electron chi connectivity index (χ4n) is 2.80. The molecule has 0 fully saturated rings. The van der Waals surface area contributed by atoms with Gasteiger partial charge in [0.05, 0.1) is 13.0 Å². The lowest BCUT2D eigenvalue weighted by atomic mass is 9.95. The smallest absolute Gasteiger partial charge is 0.227 e. The van der Waals surface area contributed by atoms with Gasteiger partial charge in [-0.2, -0.15) is 0 Å². The van der Waals surface area contributed by atoms with Crippen LogP contribution in [0, 0.1) is 12.8 Å². The summed E-state index contributed by atoms with van der Waals surface area (Å²) in [4.78, 5) is 12.4. The van der Waals surface area contributed by atoms with Gasteiger partial charge in [0, 0.05) is 6.54 Å². The minimum absolute atomic E-state index is 0.0294. The molecule has 120 valence electrons. The van der Waals surface area contributed by atoms with E-state index >= 15 is 0 Å². The SMILES string of the molecule is COc1ccc2c(c1)CC(C(=O)NCc1ccccc1C)CO2. The van der Waals surface area contributed by atoms with Crippen LogP contribution < -0.4 is 14.8 Å². The van der Waals surface area contributed by atoms with Gasteiger partial charge in [-0.05, 0) is 48.2 Å². The van der Waals surface area contributed by atoms with Gasteiger partial charge in [0.2, 0.25) is 5.91 Å². The zero-order valence-corrected chi connectivity index (χ0v) is 13.5. The van der Waals surface area contributed by atoms with Gasteiger partial charge in [0.1, 0.15) is 18.1 Å². The first-order valence-corrected chi connectivity index (χ1v) is 7.79. The molecule has 1 aliphatic heterocycles. The molecule has 1 N–H and O–H groups in total. The van der Waals surface area contributed by atoms with Crippen LogP contribution in [0.4, 0.5) is 0 Å². The summed E-state index contributed by atoms with van der Waals surface area (Å²) in [5.41, 5.74) is 3.34. The topological polar surface area (TPSA) is 47.6 Å². The van der Waals surface area contributed by atoms with E-state index in [1.54, 1.807) is 7.11 Å². The average molecular weight is 311 g/mol. The predicted octanol–water partition coefficient (Wildman–Crippen LogP) is 2.87. The van der Waals surface area contributed by atoms with E-state index in [9.17, 15) is 4.79 Å². The molecule has 3 rings (SSSR count). The van der Waals surface area contributed by atoms with Crippen LogP contribution in [0.2, 0.25) is 0 Å². The number of methoxy groups -OCH3 is 1. The molecule has 2 aromatic rings. The third-order valence-corrected chi connectivity index (χ3v) is 4.26. The molecule has 2 aromatic carbocycles. The molecule has 0 saturated carbocycles. The highest BCUT2D eigenvalue weighted by Crippen LogP contribution is 2.30. The van der Waals surface area contributed by atoms with Gasteiger partial charge in [0.25, 0.3) is 0 Å². The average Bonchev–Trinajstić information content (AvgIpc) is 2.59. The highest BCUT2D eigenvalue weighted by Gasteiger charge is 2.26. The van der Waals surface area contributed by atoms with Crippen molar-refractivity contribution in [3.63, 3.8) is 0 Å². The molecule has 0 aliphatic carbocycles. The van der Waals surface area contributed by atoms with E-state index in [1.807, 2.05) is 49.4 Å². The Labute approximate surface area is 136 Å². The van der Waals surface area contributed by atoms with Crippen LogP contribution in [0.15, 0.2) is 42.5 Å². The fourth-order valence-corrected chi connectivity index (χ4v) is 2.80. The van der Waals surface area contributed by atoms with Crippen molar-refractivity contribution in [1.82, 2.24) is 5.32 Å². The third-order valence-electron chi connectivity index (χ3n) is 4.26. The second-order valence-corrected chi connectivity index (χ2v) is 5.83. The van der Waals surface area contributed by atoms with Crippen molar-refractivity contribution in [2.75, 3.05) is 13.7 Å². The first-order valence-electron chi connectivity index (χ1n) is 7.79. The number of aryl methyl sites for hydroxylation is 1. The fraction of sp³-hybridized carbons (Fsp3) is 0.316. The quantitative estimate of drug-likeness (QED) is 0.944. The van der Waals surface area contributed by atoms with E-state index < -0.39 is 0 Å². The highest BCUT2D eigenvalue weighted by atomic mass is 16.5. The first kappa shape index (κ1) is 15.4. The van der Waals surface area contributed by atoms with E-state index in [0.29, 0.717) is 19.6 Å². The number of hydrogen-bond donors (Lipinski definition) is 1. The van der Waals surface area contributed by atoms with Gasteiger partial charge in [0.15, 0.2) is 0 Å². The highest BCUT2D eigenvalue weighted by molar-refractivity contribution is 5.79. The summed E-state index contributed by atoms with van der Waals surface area (Å²) in [7, 11) is 1.64. The molecule has 0 saturated heterocycles. The van der Waals surface area contributed by atoms with Crippen molar-refractivity contribution in [3.05, 3.63) is 59.2 Å². The minimum atomic E-state index is -0.168. The maximum absolute atomic E-state index is 12.4. The number of benzene rings is 2. The minimum Gasteiger partial charge on any atom is -0.497 e. The summed E-state index contributed by atoms with van der Waals surface area (Å²) < 4.78 is 11.0. The lowest BCUT2D eigenvalue weighted by molar-refractivity contribution is -0.126. The second-order valence-electron chi connectivity index (χ2n) is 5.83. The van der Waals surface area contributed by atoms with Crippen LogP contribution >= 0.6 is 0 Å². The Morgan fingerprint density at radius 1 is 1.30 bits per heavy atom. The van der Waals surface area contributed by atoms with E-state index in [4.69, 9.17) is 9.47 Å². The Bertz CT molecular complexity index is 712. The van der Waals surface area contributed by atoms with Crippen LogP contribution in [0.25, 0.3) is 0 Å². The number of ether oxygens (including phenoxy) is 2. The predicted molar refractivity (Wildman–Crippen MR) is 88.7 cm³/mol. The van der Waals surface area contributed by atoms with Crippen molar-refractivity contribution in [2.45, 2.75) is 19.9 Å². The zero-order chi connectivity index (χ0) is 16.2. The summed E-state index contributed by atoms with van der Waals surface area (Å²) in [6.45, 7) is 3.01. The van der Waals surface area contributed by atoms with E-state index in [2.05, 4.69) is 5.32 Å². The number of rotatable bonds is 4. The van der Waals surface area contributed by atoms with Gasteiger partial charge < -0.3 is 14.8 Å². The summed E-state index contributed by atoms with van der Waals surface area (Å²) >= 11 is 0. The lowest BCUT2D eigenvalue weighted by Crippen LogP contribution is -2.37. The molecule has 4 heteroatoms. The summed E-state index contributed by atoms with van der Waals surface area (Å²) in [6.07, 6.45) is 0.673. The van der Waals surface area contributed by atoms with Crippen LogP contribution in [-0.4, -0.2) is 19.6 Å². The number of carbonyl (C=O) groups is 1. The van der Waals surface area contributed by atoms with Crippen molar-refractivity contribution in [1.29, 1.82) is 0 Å². The van der Waals surface area contributed by atoms with Crippen molar-refractivity contribution in [3.8, 4) is 11.5 Å². The maximum Gasteiger partial charge on any atom is 0.227 e. The largest absolute Gasteiger partial charge is 0.497 e. The summed E-state index contributed by atoms with van der Waals surface area (Å²) in [6, 6.07) is 13.8. The van der Waals surface area contributed by atoms with E-state index in [0.717, 1.165) is 22.6 Å². The lowest BCUT2D eigenvalue weighted by Gasteiger charge is -2.25. The molecular weight excluding hydrogens is 290 g/mol. The van der Waals surface area contributed by atoms with Gasteiger partial charge in [-0.25, -0.2) is 0 Å².